The summed E-state index contributed by atoms with van der Waals surface area (Å²) in [5.74, 6) is -0.685. The highest BCUT2D eigenvalue weighted by molar-refractivity contribution is 7.21. The van der Waals surface area contributed by atoms with Crippen LogP contribution in [-0.4, -0.2) is 60.0 Å². The summed E-state index contributed by atoms with van der Waals surface area (Å²) in [6.07, 6.45) is 2.29. The molecule has 0 spiro atoms. The van der Waals surface area contributed by atoms with Crippen LogP contribution in [-0.2, 0) is 9.53 Å². The second kappa shape index (κ2) is 12.1. The van der Waals surface area contributed by atoms with Crippen molar-refractivity contribution in [1.29, 1.82) is 0 Å². The van der Waals surface area contributed by atoms with Gasteiger partial charge in [0, 0.05) is 52.7 Å². The third kappa shape index (κ3) is 6.83. The van der Waals surface area contributed by atoms with E-state index in [-0.39, 0.29) is 35.8 Å². The number of anilines is 3. The van der Waals surface area contributed by atoms with E-state index in [1.54, 1.807) is 23.1 Å². The molecule has 226 valence electrons. The Bertz CT molecular complexity index is 1600. The number of hydrogen-bond donors (Lipinski definition) is 4. The van der Waals surface area contributed by atoms with Crippen LogP contribution in [0.2, 0.25) is 0 Å². The van der Waals surface area contributed by atoms with Crippen molar-refractivity contribution < 1.29 is 23.9 Å². The summed E-state index contributed by atoms with van der Waals surface area (Å²) in [4.78, 5) is 53.1. The molecule has 0 bridgehead atoms. The van der Waals surface area contributed by atoms with Gasteiger partial charge in [-0.15, -0.1) is 11.3 Å². The van der Waals surface area contributed by atoms with Gasteiger partial charge in [0.1, 0.15) is 10.5 Å². The number of carbonyl (C=O) groups excluding carboxylic acids is 4. The molecule has 1 aromatic heterocycles. The quantitative estimate of drug-likeness (QED) is 0.267. The number of hydrogen-bond acceptors (Lipinski definition) is 7. The lowest BCUT2D eigenvalue weighted by Gasteiger charge is -2.34. The van der Waals surface area contributed by atoms with Gasteiger partial charge in [0.05, 0.1) is 5.69 Å². The highest BCUT2D eigenvalue weighted by Gasteiger charge is 2.29. The number of carbonyl (C=O) groups is 4. The molecule has 43 heavy (non-hydrogen) atoms. The summed E-state index contributed by atoms with van der Waals surface area (Å²) < 4.78 is 6.43. The van der Waals surface area contributed by atoms with Gasteiger partial charge in [0.25, 0.3) is 11.8 Å². The van der Waals surface area contributed by atoms with E-state index in [0.29, 0.717) is 54.3 Å². The molecule has 2 aliphatic rings. The van der Waals surface area contributed by atoms with E-state index in [4.69, 9.17) is 4.74 Å². The predicted molar refractivity (Wildman–Crippen MR) is 170 cm³/mol. The number of ether oxygens (including phenoxy) is 1. The third-order valence-corrected chi connectivity index (χ3v) is 8.63. The fraction of sp³-hybridized carbons (Fsp3) is 0.375. The van der Waals surface area contributed by atoms with Gasteiger partial charge in [0.15, 0.2) is 0 Å². The zero-order valence-corrected chi connectivity index (χ0v) is 25.7. The minimum absolute atomic E-state index is 0.00935. The summed E-state index contributed by atoms with van der Waals surface area (Å²) in [7, 11) is 0. The monoisotopic (exact) mass is 603 g/mol. The second-order valence-electron chi connectivity index (χ2n) is 12.0. The largest absolute Gasteiger partial charge is 0.444 e. The van der Waals surface area contributed by atoms with Crippen LogP contribution in [0.4, 0.5) is 21.9 Å². The number of rotatable bonds is 5. The van der Waals surface area contributed by atoms with Crippen LogP contribution < -0.4 is 21.3 Å². The molecule has 1 atom stereocenters. The molecular weight excluding hydrogens is 566 g/mol. The van der Waals surface area contributed by atoms with Gasteiger partial charge in [-0.1, -0.05) is 12.6 Å². The van der Waals surface area contributed by atoms with Gasteiger partial charge in [-0.2, -0.15) is 0 Å². The summed E-state index contributed by atoms with van der Waals surface area (Å²) in [5.41, 5.74) is 2.67. The van der Waals surface area contributed by atoms with Crippen LogP contribution in [0.25, 0.3) is 10.1 Å². The molecule has 4 N–H and O–H groups in total. The Morgan fingerprint density at radius 1 is 1.09 bits per heavy atom. The SMILES string of the molecule is C=CC(=O)Nc1cc(NC(=O)c2ccc3sc4c(c3c2)NC[C@@H](C)NC4=O)ccc1C1CCN(C(=O)OC(C)(C)C)CC1. The zero-order chi connectivity index (χ0) is 30.9. The molecule has 1 fully saturated rings. The molecule has 0 saturated carbocycles. The average Bonchev–Trinajstić information content (AvgIpc) is 3.26. The Morgan fingerprint density at radius 3 is 2.53 bits per heavy atom. The zero-order valence-electron chi connectivity index (χ0n) is 24.8. The Morgan fingerprint density at radius 2 is 1.84 bits per heavy atom. The smallest absolute Gasteiger partial charge is 0.410 e. The van der Waals surface area contributed by atoms with Crippen LogP contribution in [0, 0.1) is 0 Å². The van der Waals surface area contributed by atoms with E-state index in [2.05, 4.69) is 27.8 Å². The first kappa shape index (κ1) is 30.1. The minimum atomic E-state index is -0.559. The molecule has 3 aromatic rings. The number of thiophene rings is 1. The van der Waals surface area contributed by atoms with Gasteiger partial charge in [0.2, 0.25) is 5.91 Å². The maximum absolute atomic E-state index is 13.3. The van der Waals surface area contributed by atoms with Crippen molar-refractivity contribution in [2.45, 2.75) is 58.1 Å². The molecule has 5 rings (SSSR count). The number of amides is 4. The van der Waals surface area contributed by atoms with Crippen molar-refractivity contribution >= 4 is 62.3 Å². The molecule has 11 heteroatoms. The maximum Gasteiger partial charge on any atom is 0.410 e. The summed E-state index contributed by atoms with van der Waals surface area (Å²) in [6, 6.07) is 10.9. The number of fused-ring (bicyclic) bond motifs is 3. The van der Waals surface area contributed by atoms with E-state index in [9.17, 15) is 19.2 Å². The summed E-state index contributed by atoms with van der Waals surface area (Å²) in [5, 5.41) is 13.0. The van der Waals surface area contributed by atoms with Crippen LogP contribution >= 0.6 is 11.3 Å². The number of nitrogens with zero attached hydrogens (tertiary/aromatic N) is 1. The Labute approximate surface area is 254 Å². The number of nitrogens with one attached hydrogen (secondary N) is 4. The van der Waals surface area contributed by atoms with Crippen LogP contribution in [0.15, 0.2) is 49.1 Å². The first-order valence-corrected chi connectivity index (χ1v) is 15.2. The van der Waals surface area contributed by atoms with Crippen LogP contribution in [0.3, 0.4) is 0 Å². The molecule has 2 aliphatic heterocycles. The van der Waals surface area contributed by atoms with Crippen molar-refractivity contribution in [2.24, 2.45) is 0 Å². The third-order valence-electron chi connectivity index (χ3n) is 7.46. The Balaban J connectivity index is 1.34. The van der Waals surface area contributed by atoms with Gasteiger partial charge >= 0.3 is 6.09 Å². The van der Waals surface area contributed by atoms with Crippen LogP contribution in [0.1, 0.15) is 72.0 Å². The van der Waals surface area contributed by atoms with Crippen molar-refractivity contribution in [3.8, 4) is 0 Å². The van der Waals surface area contributed by atoms with E-state index >= 15 is 0 Å². The second-order valence-corrected chi connectivity index (χ2v) is 13.0. The lowest BCUT2D eigenvalue weighted by Crippen LogP contribution is -2.41. The lowest BCUT2D eigenvalue weighted by atomic mass is 9.88. The molecule has 10 nitrogen and oxygen atoms in total. The molecule has 3 heterocycles. The standard InChI is InChI=1S/C32H37N5O5S/c1-6-26(38)36-24-16-21(8-9-22(24)19-11-13-37(14-12-19)31(41)42-32(3,4)5)35-29(39)20-7-10-25-23(15-20)27-28(43-25)30(40)34-18(2)17-33-27/h6-10,15-16,18-19,33H,1,11-14,17H2,2-5H3,(H,34,40)(H,35,39)(H,36,38)/t18-/m1/s1. The van der Waals surface area contributed by atoms with Crippen molar-refractivity contribution in [2.75, 3.05) is 35.6 Å². The molecule has 0 unspecified atom stereocenters. The highest BCUT2D eigenvalue weighted by atomic mass is 32.1. The predicted octanol–water partition coefficient (Wildman–Crippen LogP) is 5.94. The highest BCUT2D eigenvalue weighted by Crippen LogP contribution is 2.38. The van der Waals surface area contributed by atoms with E-state index < -0.39 is 5.60 Å². The Kier molecular flexibility index (Phi) is 8.45. The summed E-state index contributed by atoms with van der Waals surface area (Å²) in [6.45, 7) is 12.7. The van der Waals surface area contributed by atoms with Gasteiger partial charge in [-0.25, -0.2) is 4.79 Å². The maximum atomic E-state index is 13.3. The summed E-state index contributed by atoms with van der Waals surface area (Å²) >= 11 is 1.39. The fourth-order valence-corrected chi connectivity index (χ4v) is 6.42. The topological polar surface area (TPSA) is 129 Å². The average molecular weight is 604 g/mol. The van der Waals surface area contributed by atoms with E-state index in [1.165, 1.54) is 17.4 Å². The van der Waals surface area contributed by atoms with Crippen LogP contribution in [0.5, 0.6) is 0 Å². The van der Waals surface area contributed by atoms with Crippen molar-refractivity contribution in [3.63, 3.8) is 0 Å². The molecular formula is C32H37N5O5S. The molecule has 1 saturated heterocycles. The molecule has 4 amide bonds. The normalized spacial score (nSPS) is 17.3. The first-order valence-electron chi connectivity index (χ1n) is 14.4. The van der Waals surface area contributed by atoms with Gasteiger partial charge in [-0.3, -0.25) is 14.4 Å². The molecule has 0 aliphatic carbocycles. The van der Waals surface area contributed by atoms with Gasteiger partial charge < -0.3 is 30.9 Å². The van der Waals surface area contributed by atoms with Crippen molar-refractivity contribution in [1.82, 2.24) is 10.2 Å². The van der Waals surface area contributed by atoms with Crippen molar-refractivity contribution in [3.05, 3.63) is 65.1 Å². The first-order chi connectivity index (χ1) is 20.4. The lowest BCUT2D eigenvalue weighted by molar-refractivity contribution is -0.111. The fourth-order valence-electron chi connectivity index (χ4n) is 5.35. The van der Waals surface area contributed by atoms with Gasteiger partial charge in [-0.05, 0) is 88.4 Å². The molecule has 0 radical (unpaired) electrons. The minimum Gasteiger partial charge on any atom is -0.444 e. The van der Waals surface area contributed by atoms with E-state index in [0.717, 1.165) is 21.3 Å². The number of likely N-dealkylation sites (tertiary alicyclic amines) is 1. The van der Waals surface area contributed by atoms with E-state index in [1.807, 2.05) is 45.9 Å². The Hall–Kier alpha value is -4.38. The number of benzene rings is 2. The molecule has 2 aromatic carbocycles. The number of piperidine rings is 1.